The second-order valence-electron chi connectivity index (χ2n) is 5.07. The van der Waals surface area contributed by atoms with Crippen molar-refractivity contribution in [3.63, 3.8) is 0 Å². The molecule has 0 saturated heterocycles. The second-order valence-corrected chi connectivity index (χ2v) is 6.10. The molecule has 0 bridgehead atoms. The Hall–Kier alpha value is -2.35. The molecule has 4 nitrogen and oxygen atoms in total. The fraction of sp³-hybridized carbons (Fsp3) is 0.250. The summed E-state index contributed by atoms with van der Waals surface area (Å²) < 4.78 is 36.0. The lowest BCUT2D eigenvalue weighted by Crippen LogP contribution is -2.34. The van der Waals surface area contributed by atoms with Gasteiger partial charge in [0.2, 0.25) is 11.8 Å². The molecule has 1 heterocycles. The van der Waals surface area contributed by atoms with Crippen LogP contribution in [-0.2, 0) is 22.4 Å². The average molecular weight is 356 g/mol. The molecule has 0 aliphatic carbocycles. The van der Waals surface area contributed by atoms with Crippen molar-refractivity contribution in [1.29, 1.82) is 0 Å². The van der Waals surface area contributed by atoms with E-state index in [0.717, 1.165) is 4.88 Å². The van der Waals surface area contributed by atoms with Gasteiger partial charge in [-0.3, -0.25) is 9.59 Å². The summed E-state index contributed by atoms with van der Waals surface area (Å²) in [5, 5.41) is 6.42. The van der Waals surface area contributed by atoms with Crippen LogP contribution in [0, 0.1) is 0 Å². The fourth-order valence-electron chi connectivity index (χ4n) is 1.93. The standard InChI is InChI=1S/C16H15F3N2O2S/c17-16(18,19)10-20-14(22)8-11-3-5-12(6-4-11)21-15(23)9-13-2-1-7-24-13/h1-7H,8-10H2,(H,20,22)(H,21,23). The highest BCUT2D eigenvalue weighted by atomic mass is 32.1. The SMILES string of the molecule is O=C(Cc1ccc(NC(=O)Cc2cccs2)cc1)NCC(F)(F)F. The second kappa shape index (κ2) is 7.96. The van der Waals surface area contributed by atoms with E-state index in [-0.39, 0.29) is 18.7 Å². The molecule has 2 rings (SSSR count). The maximum absolute atomic E-state index is 12.0. The Labute approximate surface area is 140 Å². The molecule has 128 valence electrons. The topological polar surface area (TPSA) is 58.2 Å². The highest BCUT2D eigenvalue weighted by molar-refractivity contribution is 7.10. The molecule has 2 N–H and O–H groups in total. The van der Waals surface area contributed by atoms with Gasteiger partial charge >= 0.3 is 6.18 Å². The van der Waals surface area contributed by atoms with Gasteiger partial charge in [0, 0.05) is 10.6 Å². The van der Waals surface area contributed by atoms with E-state index >= 15 is 0 Å². The van der Waals surface area contributed by atoms with Gasteiger partial charge in [0.15, 0.2) is 0 Å². The van der Waals surface area contributed by atoms with Crippen molar-refractivity contribution in [2.24, 2.45) is 0 Å². The number of alkyl halides is 3. The van der Waals surface area contributed by atoms with E-state index in [1.165, 1.54) is 11.3 Å². The van der Waals surface area contributed by atoms with Crippen LogP contribution in [0.4, 0.5) is 18.9 Å². The first kappa shape index (κ1) is 18.0. The number of hydrogen-bond donors (Lipinski definition) is 2. The summed E-state index contributed by atoms with van der Waals surface area (Å²) in [6.45, 7) is -1.34. The maximum Gasteiger partial charge on any atom is 0.405 e. The summed E-state index contributed by atoms with van der Waals surface area (Å²) in [6.07, 6.45) is -4.30. The molecule has 1 aromatic carbocycles. The minimum Gasteiger partial charge on any atom is -0.347 e. The van der Waals surface area contributed by atoms with E-state index in [9.17, 15) is 22.8 Å². The third-order valence-electron chi connectivity index (χ3n) is 3.00. The van der Waals surface area contributed by atoms with E-state index in [1.807, 2.05) is 22.8 Å². The summed E-state index contributed by atoms with van der Waals surface area (Å²) in [5.41, 5.74) is 1.13. The van der Waals surface area contributed by atoms with Gasteiger partial charge in [-0.2, -0.15) is 13.2 Å². The summed E-state index contributed by atoms with van der Waals surface area (Å²) in [7, 11) is 0. The fourth-order valence-corrected chi connectivity index (χ4v) is 2.63. The number of carbonyl (C=O) groups is 2. The Morgan fingerprint density at radius 2 is 1.71 bits per heavy atom. The van der Waals surface area contributed by atoms with Gasteiger partial charge in [-0.1, -0.05) is 18.2 Å². The number of benzene rings is 1. The molecule has 0 atom stereocenters. The van der Waals surface area contributed by atoms with E-state index in [0.29, 0.717) is 11.3 Å². The molecule has 8 heteroatoms. The summed E-state index contributed by atoms with van der Waals surface area (Å²) in [5.74, 6) is -0.866. The molecule has 24 heavy (non-hydrogen) atoms. The molecular formula is C16H15F3N2O2S. The molecule has 0 saturated carbocycles. The Morgan fingerprint density at radius 1 is 1.00 bits per heavy atom. The largest absolute Gasteiger partial charge is 0.405 e. The molecule has 0 aliphatic rings. The Morgan fingerprint density at radius 3 is 2.29 bits per heavy atom. The predicted octanol–water partition coefficient (Wildman–Crippen LogP) is 3.15. The first-order chi connectivity index (χ1) is 11.3. The number of amides is 2. The van der Waals surface area contributed by atoms with Crippen LogP contribution in [0.15, 0.2) is 41.8 Å². The molecule has 1 aromatic heterocycles. The number of carbonyl (C=O) groups excluding carboxylic acids is 2. The number of halogens is 3. The molecule has 0 aliphatic heterocycles. The lowest BCUT2D eigenvalue weighted by Gasteiger charge is -2.09. The van der Waals surface area contributed by atoms with Crippen LogP contribution in [-0.4, -0.2) is 24.5 Å². The van der Waals surface area contributed by atoms with E-state index < -0.39 is 18.6 Å². The Kier molecular flexibility index (Phi) is 5.97. The molecule has 0 radical (unpaired) electrons. The number of thiophene rings is 1. The maximum atomic E-state index is 12.0. The number of anilines is 1. The lowest BCUT2D eigenvalue weighted by atomic mass is 10.1. The van der Waals surface area contributed by atoms with Crippen molar-refractivity contribution in [1.82, 2.24) is 5.32 Å². The zero-order valence-corrected chi connectivity index (χ0v) is 13.3. The third kappa shape index (κ3) is 6.41. The van der Waals surface area contributed by atoms with Crippen molar-refractivity contribution in [3.05, 3.63) is 52.2 Å². The van der Waals surface area contributed by atoms with E-state index in [2.05, 4.69) is 5.32 Å². The van der Waals surface area contributed by atoms with Crippen LogP contribution < -0.4 is 10.6 Å². The quantitative estimate of drug-likeness (QED) is 0.835. The van der Waals surface area contributed by atoms with Crippen molar-refractivity contribution < 1.29 is 22.8 Å². The van der Waals surface area contributed by atoms with E-state index in [4.69, 9.17) is 0 Å². The van der Waals surface area contributed by atoms with Gasteiger partial charge in [-0.15, -0.1) is 11.3 Å². The first-order valence-electron chi connectivity index (χ1n) is 7.06. The van der Waals surface area contributed by atoms with Crippen molar-refractivity contribution in [2.75, 3.05) is 11.9 Å². The number of nitrogens with one attached hydrogen (secondary N) is 2. The van der Waals surface area contributed by atoms with Crippen molar-refractivity contribution >= 4 is 28.8 Å². The molecule has 0 unspecified atom stereocenters. The van der Waals surface area contributed by atoms with Gasteiger partial charge in [0.1, 0.15) is 6.54 Å². The highest BCUT2D eigenvalue weighted by Gasteiger charge is 2.27. The van der Waals surface area contributed by atoms with Gasteiger partial charge in [-0.25, -0.2) is 0 Å². The smallest absolute Gasteiger partial charge is 0.347 e. The lowest BCUT2D eigenvalue weighted by molar-refractivity contribution is -0.138. The normalized spacial score (nSPS) is 11.1. The zero-order valence-electron chi connectivity index (χ0n) is 12.5. The van der Waals surface area contributed by atoms with Gasteiger partial charge in [0.25, 0.3) is 0 Å². The number of hydrogen-bond acceptors (Lipinski definition) is 3. The molecule has 2 amide bonds. The first-order valence-corrected chi connectivity index (χ1v) is 7.94. The molecular weight excluding hydrogens is 341 g/mol. The third-order valence-corrected chi connectivity index (χ3v) is 3.88. The van der Waals surface area contributed by atoms with Crippen LogP contribution in [0.2, 0.25) is 0 Å². The minimum absolute atomic E-state index is 0.153. The zero-order chi connectivity index (χ0) is 17.6. The van der Waals surface area contributed by atoms with E-state index in [1.54, 1.807) is 24.3 Å². The monoisotopic (exact) mass is 356 g/mol. The molecule has 0 fully saturated rings. The van der Waals surface area contributed by atoms with Gasteiger partial charge in [0.05, 0.1) is 12.8 Å². The van der Waals surface area contributed by atoms with Crippen LogP contribution in [0.5, 0.6) is 0 Å². The Balaban J connectivity index is 1.82. The molecule has 0 spiro atoms. The van der Waals surface area contributed by atoms with Crippen LogP contribution in [0.3, 0.4) is 0 Å². The molecule has 2 aromatic rings. The van der Waals surface area contributed by atoms with Crippen LogP contribution in [0.1, 0.15) is 10.4 Å². The van der Waals surface area contributed by atoms with Crippen LogP contribution >= 0.6 is 11.3 Å². The predicted molar refractivity (Wildman–Crippen MR) is 85.9 cm³/mol. The van der Waals surface area contributed by atoms with Crippen molar-refractivity contribution in [3.8, 4) is 0 Å². The van der Waals surface area contributed by atoms with Crippen molar-refractivity contribution in [2.45, 2.75) is 19.0 Å². The minimum atomic E-state index is -4.42. The number of rotatable bonds is 6. The summed E-state index contributed by atoms with van der Waals surface area (Å²) >= 11 is 1.49. The van der Waals surface area contributed by atoms with Crippen LogP contribution in [0.25, 0.3) is 0 Å². The summed E-state index contributed by atoms with van der Waals surface area (Å²) in [4.78, 5) is 24.2. The average Bonchev–Trinajstić information content (AvgIpc) is 2.99. The van der Waals surface area contributed by atoms with Gasteiger partial charge < -0.3 is 10.6 Å². The highest BCUT2D eigenvalue weighted by Crippen LogP contribution is 2.14. The van der Waals surface area contributed by atoms with Gasteiger partial charge in [-0.05, 0) is 29.1 Å². The Bertz CT molecular complexity index is 682. The summed E-state index contributed by atoms with van der Waals surface area (Å²) in [6, 6.07) is 10.1.